The van der Waals surface area contributed by atoms with Crippen LogP contribution in [0.25, 0.3) is 0 Å². The summed E-state index contributed by atoms with van der Waals surface area (Å²) in [5.74, 6) is 0. The van der Waals surface area contributed by atoms with Gasteiger partial charge in [0.2, 0.25) is 0 Å². The number of benzene rings is 1. The third-order valence-electron chi connectivity index (χ3n) is 3.48. The number of nitrogens with zero attached hydrogens (tertiary/aromatic N) is 2. The molecule has 0 amide bonds. The molecule has 5 heteroatoms. The summed E-state index contributed by atoms with van der Waals surface area (Å²) >= 11 is 0. The van der Waals surface area contributed by atoms with E-state index in [1.807, 2.05) is 6.07 Å². The van der Waals surface area contributed by atoms with Gasteiger partial charge in [-0.15, -0.1) is 0 Å². The van der Waals surface area contributed by atoms with Crippen molar-refractivity contribution in [2.75, 3.05) is 13.2 Å². The monoisotopic (exact) mass is 246 g/mol. The Kier molecular flexibility index (Phi) is 3.30. The molecule has 1 saturated heterocycles. The van der Waals surface area contributed by atoms with Crippen molar-refractivity contribution in [2.24, 2.45) is 5.41 Å². The van der Waals surface area contributed by atoms with Crippen molar-refractivity contribution in [3.63, 3.8) is 0 Å². The lowest BCUT2D eigenvalue weighted by Crippen LogP contribution is -2.22. The molecule has 1 unspecified atom stereocenters. The molecule has 5 nitrogen and oxygen atoms in total. The quantitative estimate of drug-likeness (QED) is 0.606. The van der Waals surface area contributed by atoms with Crippen LogP contribution in [0.1, 0.15) is 17.5 Å². The third kappa shape index (κ3) is 2.20. The van der Waals surface area contributed by atoms with Crippen LogP contribution in [0.15, 0.2) is 18.2 Å². The van der Waals surface area contributed by atoms with E-state index in [9.17, 15) is 15.4 Å². The first-order valence-electron chi connectivity index (χ1n) is 5.80. The Morgan fingerprint density at radius 2 is 2.39 bits per heavy atom. The maximum Gasteiger partial charge on any atom is 0.272 e. The maximum absolute atomic E-state index is 10.9. The van der Waals surface area contributed by atoms with Gasteiger partial charge in [-0.2, -0.15) is 5.26 Å². The molecule has 18 heavy (non-hydrogen) atoms. The Balaban J connectivity index is 2.32. The maximum atomic E-state index is 10.9. The van der Waals surface area contributed by atoms with Crippen LogP contribution in [0.3, 0.4) is 0 Å². The van der Waals surface area contributed by atoms with Gasteiger partial charge in [0.1, 0.15) is 0 Å². The fraction of sp³-hybridized carbons (Fsp3) is 0.462. The summed E-state index contributed by atoms with van der Waals surface area (Å²) in [6.45, 7) is 2.72. The highest BCUT2D eigenvalue weighted by molar-refractivity contribution is 5.45. The normalized spacial score (nSPS) is 22.7. The predicted molar refractivity (Wildman–Crippen MR) is 65.0 cm³/mol. The van der Waals surface area contributed by atoms with Crippen molar-refractivity contribution in [2.45, 2.75) is 19.8 Å². The highest BCUT2D eigenvalue weighted by Crippen LogP contribution is 2.34. The number of hydrogen-bond acceptors (Lipinski definition) is 4. The van der Waals surface area contributed by atoms with Gasteiger partial charge in [-0.05, 0) is 25.3 Å². The third-order valence-corrected chi connectivity index (χ3v) is 3.48. The van der Waals surface area contributed by atoms with Gasteiger partial charge in [0.15, 0.2) is 0 Å². The van der Waals surface area contributed by atoms with Crippen molar-refractivity contribution >= 4 is 5.69 Å². The van der Waals surface area contributed by atoms with Crippen LogP contribution in [0.5, 0.6) is 0 Å². The number of rotatable bonds is 3. The summed E-state index contributed by atoms with van der Waals surface area (Å²) in [4.78, 5) is 10.5. The van der Waals surface area contributed by atoms with E-state index in [0.29, 0.717) is 31.6 Å². The second kappa shape index (κ2) is 4.75. The average Bonchev–Trinajstić information content (AvgIpc) is 2.81. The average molecular weight is 246 g/mol. The van der Waals surface area contributed by atoms with Crippen LogP contribution >= 0.6 is 0 Å². The van der Waals surface area contributed by atoms with Gasteiger partial charge >= 0.3 is 0 Å². The van der Waals surface area contributed by atoms with E-state index in [-0.39, 0.29) is 10.6 Å². The lowest BCUT2D eigenvalue weighted by molar-refractivity contribution is -0.385. The van der Waals surface area contributed by atoms with Gasteiger partial charge in [0, 0.05) is 18.2 Å². The molecular weight excluding hydrogens is 232 g/mol. The van der Waals surface area contributed by atoms with E-state index in [1.165, 1.54) is 6.07 Å². The largest absolute Gasteiger partial charge is 0.380 e. The second-order valence-electron chi connectivity index (χ2n) is 4.69. The minimum Gasteiger partial charge on any atom is -0.380 e. The van der Waals surface area contributed by atoms with Crippen molar-refractivity contribution in [1.29, 1.82) is 5.26 Å². The summed E-state index contributed by atoms with van der Waals surface area (Å²) in [5, 5.41) is 20.2. The molecule has 94 valence electrons. The zero-order chi connectivity index (χ0) is 13.2. The van der Waals surface area contributed by atoms with Gasteiger partial charge < -0.3 is 4.74 Å². The molecule has 1 aromatic rings. The zero-order valence-corrected chi connectivity index (χ0v) is 10.2. The number of hydrogen-bond donors (Lipinski definition) is 0. The Hall–Kier alpha value is -1.93. The summed E-state index contributed by atoms with van der Waals surface area (Å²) < 4.78 is 5.28. The minimum absolute atomic E-state index is 0.111. The molecule has 0 radical (unpaired) electrons. The molecule has 1 atom stereocenters. The van der Waals surface area contributed by atoms with Gasteiger partial charge in [-0.25, -0.2) is 0 Å². The first-order valence-corrected chi connectivity index (χ1v) is 5.80. The van der Waals surface area contributed by atoms with Crippen molar-refractivity contribution in [3.8, 4) is 6.07 Å². The van der Waals surface area contributed by atoms with E-state index in [4.69, 9.17) is 4.74 Å². The Bertz CT molecular complexity index is 513. The van der Waals surface area contributed by atoms with Crippen LogP contribution in [-0.2, 0) is 11.2 Å². The second-order valence-corrected chi connectivity index (χ2v) is 4.69. The van der Waals surface area contributed by atoms with E-state index < -0.39 is 5.41 Å². The topological polar surface area (TPSA) is 76.2 Å². The van der Waals surface area contributed by atoms with Crippen LogP contribution in [0.4, 0.5) is 5.69 Å². The lowest BCUT2D eigenvalue weighted by atomic mass is 9.81. The molecule has 0 aromatic heterocycles. The fourth-order valence-electron chi connectivity index (χ4n) is 2.30. The van der Waals surface area contributed by atoms with Crippen LogP contribution in [-0.4, -0.2) is 18.1 Å². The molecule has 0 saturated carbocycles. The van der Waals surface area contributed by atoms with E-state index in [0.717, 1.165) is 5.56 Å². The zero-order valence-electron chi connectivity index (χ0n) is 10.2. The molecular formula is C13H14N2O3. The van der Waals surface area contributed by atoms with E-state index >= 15 is 0 Å². The number of nitro groups is 1. The smallest absolute Gasteiger partial charge is 0.272 e. The molecule has 0 aliphatic carbocycles. The molecule has 1 aliphatic heterocycles. The standard InChI is InChI=1S/C13H14N2O3/c1-10-11(3-2-4-12(10)15(16)17)7-13(8-14)5-6-18-9-13/h2-4H,5-7,9H2,1H3. The first-order chi connectivity index (χ1) is 8.58. The highest BCUT2D eigenvalue weighted by atomic mass is 16.6. The fourth-order valence-corrected chi connectivity index (χ4v) is 2.30. The summed E-state index contributed by atoms with van der Waals surface area (Å²) in [5.41, 5.74) is 1.08. The van der Waals surface area contributed by atoms with E-state index in [2.05, 4.69) is 6.07 Å². The lowest BCUT2D eigenvalue weighted by Gasteiger charge is -2.19. The van der Waals surface area contributed by atoms with Gasteiger partial charge in [-0.1, -0.05) is 12.1 Å². The first kappa shape index (κ1) is 12.5. The molecule has 2 rings (SSSR count). The predicted octanol–water partition coefficient (Wildman–Crippen LogP) is 2.38. The van der Waals surface area contributed by atoms with E-state index in [1.54, 1.807) is 13.0 Å². The summed E-state index contributed by atoms with van der Waals surface area (Å²) in [6.07, 6.45) is 1.20. The minimum atomic E-state index is -0.528. The van der Waals surface area contributed by atoms with Gasteiger partial charge in [0.05, 0.1) is 23.0 Å². The summed E-state index contributed by atoms with van der Waals surface area (Å²) in [6, 6.07) is 7.31. The SMILES string of the molecule is Cc1c(CC2(C#N)CCOC2)cccc1[N+](=O)[O-]. The van der Waals surface area contributed by atoms with Crippen molar-refractivity contribution < 1.29 is 9.66 Å². The van der Waals surface area contributed by atoms with Crippen molar-refractivity contribution in [1.82, 2.24) is 0 Å². The molecule has 1 fully saturated rings. The molecule has 0 bridgehead atoms. The molecule has 0 spiro atoms. The Morgan fingerprint density at radius 1 is 1.61 bits per heavy atom. The molecule has 1 aromatic carbocycles. The summed E-state index contributed by atoms with van der Waals surface area (Å²) in [7, 11) is 0. The molecule has 1 aliphatic rings. The van der Waals surface area contributed by atoms with Crippen molar-refractivity contribution in [3.05, 3.63) is 39.4 Å². The van der Waals surface area contributed by atoms with Gasteiger partial charge in [0.25, 0.3) is 5.69 Å². The van der Waals surface area contributed by atoms with Crippen LogP contribution in [0.2, 0.25) is 0 Å². The van der Waals surface area contributed by atoms with Crippen LogP contribution < -0.4 is 0 Å². The van der Waals surface area contributed by atoms with Gasteiger partial charge in [-0.3, -0.25) is 10.1 Å². The van der Waals surface area contributed by atoms with Crippen LogP contribution in [0, 0.1) is 33.8 Å². The Labute approximate surface area is 105 Å². The Morgan fingerprint density at radius 3 is 2.94 bits per heavy atom. The number of nitriles is 1. The highest BCUT2D eigenvalue weighted by Gasteiger charge is 2.36. The molecule has 1 heterocycles. The number of ether oxygens (including phenoxy) is 1. The molecule has 0 N–H and O–H groups in total. The number of nitro benzene ring substituents is 1.